The predicted octanol–water partition coefficient (Wildman–Crippen LogP) is 3.17. The number of carbonyl (C=O) groups excluding carboxylic acids is 1. The fourth-order valence-electron chi connectivity index (χ4n) is 1.15. The molecule has 0 fully saturated rings. The molecule has 0 aliphatic carbocycles. The molecule has 0 amide bonds. The van der Waals surface area contributed by atoms with Crippen LogP contribution in [0.1, 0.15) is 29.3 Å². The maximum Gasteiger partial charge on any atom is 0.264 e. The van der Waals surface area contributed by atoms with Crippen LogP contribution in [0.25, 0.3) is 0 Å². The third-order valence-corrected chi connectivity index (χ3v) is 2.65. The molecular formula is C9H8BrF2NO. The Labute approximate surface area is 88.2 Å². The zero-order valence-corrected chi connectivity index (χ0v) is 8.94. The smallest absolute Gasteiger partial charge is 0.264 e. The molecule has 0 unspecified atom stereocenters. The number of anilines is 1. The Kier molecular flexibility index (Phi) is 3.21. The number of ketones is 1. The minimum absolute atomic E-state index is 0.0417. The number of nitrogens with two attached hydrogens (primary N) is 1. The normalized spacial score (nSPS) is 10.6. The summed E-state index contributed by atoms with van der Waals surface area (Å²) in [7, 11) is 0. The van der Waals surface area contributed by atoms with Gasteiger partial charge in [-0.3, -0.25) is 4.79 Å². The highest BCUT2D eigenvalue weighted by Gasteiger charge is 2.19. The van der Waals surface area contributed by atoms with Gasteiger partial charge in [-0.15, -0.1) is 0 Å². The van der Waals surface area contributed by atoms with Crippen LogP contribution >= 0.6 is 15.9 Å². The monoisotopic (exact) mass is 263 g/mol. The van der Waals surface area contributed by atoms with Gasteiger partial charge < -0.3 is 5.73 Å². The Balaban J connectivity index is 3.45. The fraction of sp³-hybridized carbons (Fsp3) is 0.222. The SMILES string of the molecule is CC(=O)c1c(C(F)F)ccc(N)c1Br. The van der Waals surface area contributed by atoms with Crippen LogP contribution in [0.2, 0.25) is 0 Å². The Morgan fingerprint density at radius 3 is 2.50 bits per heavy atom. The minimum Gasteiger partial charge on any atom is -0.398 e. The zero-order valence-electron chi connectivity index (χ0n) is 7.35. The summed E-state index contributed by atoms with van der Waals surface area (Å²) < 4.78 is 25.2. The molecule has 0 saturated carbocycles. The number of hydrogen-bond donors (Lipinski definition) is 1. The number of benzene rings is 1. The van der Waals surface area contributed by atoms with Gasteiger partial charge in [0.05, 0.1) is 4.47 Å². The first-order valence-corrected chi connectivity index (χ1v) is 4.61. The fourth-order valence-corrected chi connectivity index (χ4v) is 1.79. The second kappa shape index (κ2) is 4.04. The van der Waals surface area contributed by atoms with Crippen molar-refractivity contribution < 1.29 is 13.6 Å². The lowest BCUT2D eigenvalue weighted by Gasteiger charge is -2.09. The van der Waals surface area contributed by atoms with E-state index in [0.29, 0.717) is 0 Å². The number of hydrogen-bond acceptors (Lipinski definition) is 2. The Hall–Kier alpha value is -0.970. The molecule has 2 nitrogen and oxygen atoms in total. The van der Waals surface area contributed by atoms with E-state index < -0.39 is 12.2 Å². The number of Topliss-reactive ketones (excluding diaryl/α,β-unsaturated/α-hetero) is 1. The predicted molar refractivity (Wildman–Crippen MR) is 53.5 cm³/mol. The van der Waals surface area contributed by atoms with Gasteiger partial charge in [0, 0.05) is 16.8 Å². The molecule has 1 aromatic rings. The van der Waals surface area contributed by atoms with E-state index in [-0.39, 0.29) is 21.3 Å². The summed E-state index contributed by atoms with van der Waals surface area (Å²) in [4.78, 5) is 11.1. The van der Waals surface area contributed by atoms with Gasteiger partial charge in [-0.2, -0.15) is 0 Å². The summed E-state index contributed by atoms with van der Waals surface area (Å²) in [5.41, 5.74) is 5.43. The lowest BCUT2D eigenvalue weighted by Crippen LogP contribution is -2.04. The van der Waals surface area contributed by atoms with E-state index >= 15 is 0 Å². The number of halogens is 3. The molecule has 0 aliphatic rings. The number of nitrogen functional groups attached to an aromatic ring is 1. The molecule has 0 radical (unpaired) electrons. The van der Waals surface area contributed by atoms with Crippen molar-refractivity contribution >= 4 is 27.4 Å². The third kappa shape index (κ3) is 1.92. The molecular weight excluding hydrogens is 256 g/mol. The van der Waals surface area contributed by atoms with Crippen LogP contribution in [0.5, 0.6) is 0 Å². The van der Waals surface area contributed by atoms with E-state index in [4.69, 9.17) is 5.73 Å². The quantitative estimate of drug-likeness (QED) is 0.658. The van der Waals surface area contributed by atoms with Crippen LogP contribution in [0.15, 0.2) is 16.6 Å². The van der Waals surface area contributed by atoms with Crippen molar-refractivity contribution in [3.05, 3.63) is 27.7 Å². The molecule has 0 spiro atoms. The summed E-state index contributed by atoms with van der Waals surface area (Å²) in [6.07, 6.45) is -2.68. The van der Waals surface area contributed by atoms with Gasteiger partial charge >= 0.3 is 0 Å². The Bertz CT molecular complexity index is 379. The van der Waals surface area contributed by atoms with E-state index in [0.717, 1.165) is 0 Å². The van der Waals surface area contributed by atoms with Gasteiger partial charge in [0.25, 0.3) is 6.43 Å². The lowest BCUT2D eigenvalue weighted by atomic mass is 10.0. The molecule has 0 heterocycles. The largest absolute Gasteiger partial charge is 0.398 e. The highest BCUT2D eigenvalue weighted by molar-refractivity contribution is 9.10. The average molecular weight is 264 g/mol. The molecule has 1 aromatic carbocycles. The van der Waals surface area contributed by atoms with E-state index in [1.807, 2.05) is 0 Å². The molecule has 0 saturated heterocycles. The van der Waals surface area contributed by atoms with E-state index in [9.17, 15) is 13.6 Å². The van der Waals surface area contributed by atoms with Crippen LogP contribution in [-0.2, 0) is 0 Å². The first-order valence-electron chi connectivity index (χ1n) is 3.82. The standard InChI is InChI=1S/C9H8BrF2NO/c1-4(14)7-5(9(11)12)2-3-6(13)8(7)10/h2-3,9H,13H2,1H3. The second-order valence-corrected chi connectivity index (χ2v) is 3.58. The summed E-state index contributed by atoms with van der Waals surface area (Å²) in [6, 6.07) is 2.51. The summed E-state index contributed by atoms with van der Waals surface area (Å²) in [5, 5.41) is 0. The minimum atomic E-state index is -2.68. The first kappa shape index (κ1) is 11.1. The van der Waals surface area contributed by atoms with Crippen molar-refractivity contribution in [2.45, 2.75) is 13.3 Å². The molecule has 76 valence electrons. The molecule has 0 bridgehead atoms. The highest BCUT2D eigenvalue weighted by atomic mass is 79.9. The van der Waals surface area contributed by atoms with Crippen LogP contribution in [0.4, 0.5) is 14.5 Å². The molecule has 0 aromatic heterocycles. The second-order valence-electron chi connectivity index (χ2n) is 2.79. The molecule has 0 atom stereocenters. The van der Waals surface area contributed by atoms with E-state index in [1.165, 1.54) is 19.1 Å². The van der Waals surface area contributed by atoms with Gasteiger partial charge in [0.1, 0.15) is 0 Å². The number of rotatable bonds is 2. The van der Waals surface area contributed by atoms with Gasteiger partial charge in [0.2, 0.25) is 0 Å². The first-order chi connectivity index (χ1) is 6.45. The van der Waals surface area contributed by atoms with Crippen LogP contribution in [0, 0.1) is 0 Å². The summed E-state index contributed by atoms with van der Waals surface area (Å²) in [6.45, 7) is 1.23. The third-order valence-electron chi connectivity index (χ3n) is 1.79. The van der Waals surface area contributed by atoms with Crippen molar-refractivity contribution in [1.29, 1.82) is 0 Å². The molecule has 1 rings (SSSR count). The molecule has 5 heteroatoms. The van der Waals surface area contributed by atoms with E-state index in [2.05, 4.69) is 15.9 Å². The van der Waals surface area contributed by atoms with Gasteiger partial charge in [-0.25, -0.2) is 8.78 Å². The van der Waals surface area contributed by atoms with Crippen LogP contribution in [-0.4, -0.2) is 5.78 Å². The zero-order chi connectivity index (χ0) is 10.9. The van der Waals surface area contributed by atoms with Crippen molar-refractivity contribution in [3.63, 3.8) is 0 Å². The Morgan fingerprint density at radius 2 is 2.07 bits per heavy atom. The summed E-state index contributed by atoms with van der Waals surface area (Å²) >= 11 is 3.02. The maximum absolute atomic E-state index is 12.5. The number of carbonyl (C=O) groups is 1. The van der Waals surface area contributed by atoms with Crippen molar-refractivity contribution in [3.8, 4) is 0 Å². The summed E-state index contributed by atoms with van der Waals surface area (Å²) in [5.74, 6) is -0.431. The van der Waals surface area contributed by atoms with Crippen molar-refractivity contribution in [2.24, 2.45) is 0 Å². The van der Waals surface area contributed by atoms with E-state index in [1.54, 1.807) is 0 Å². The maximum atomic E-state index is 12.5. The van der Waals surface area contributed by atoms with Crippen LogP contribution in [0.3, 0.4) is 0 Å². The Morgan fingerprint density at radius 1 is 1.50 bits per heavy atom. The number of alkyl halides is 2. The van der Waals surface area contributed by atoms with Gasteiger partial charge in [-0.05, 0) is 28.9 Å². The highest BCUT2D eigenvalue weighted by Crippen LogP contribution is 2.32. The molecule has 14 heavy (non-hydrogen) atoms. The topological polar surface area (TPSA) is 43.1 Å². The molecule has 0 aliphatic heterocycles. The average Bonchev–Trinajstić information content (AvgIpc) is 2.08. The van der Waals surface area contributed by atoms with Crippen LogP contribution < -0.4 is 5.73 Å². The van der Waals surface area contributed by atoms with Gasteiger partial charge in [0.15, 0.2) is 5.78 Å². The van der Waals surface area contributed by atoms with Crippen molar-refractivity contribution in [2.75, 3.05) is 5.73 Å². The molecule has 2 N–H and O–H groups in total. The van der Waals surface area contributed by atoms with Crippen molar-refractivity contribution in [1.82, 2.24) is 0 Å². The van der Waals surface area contributed by atoms with Gasteiger partial charge in [-0.1, -0.05) is 6.07 Å². The lowest BCUT2D eigenvalue weighted by molar-refractivity contribution is 0.0998.